The van der Waals surface area contributed by atoms with E-state index in [0.717, 1.165) is 27.9 Å². The Bertz CT molecular complexity index is 3020. The van der Waals surface area contributed by atoms with Crippen molar-refractivity contribution in [1.82, 2.24) is 14.5 Å². The molecule has 7 aromatic carbocycles. The van der Waals surface area contributed by atoms with Crippen molar-refractivity contribution in [3.05, 3.63) is 199 Å². The van der Waals surface area contributed by atoms with E-state index in [4.69, 9.17) is 4.98 Å². The van der Waals surface area contributed by atoms with Crippen molar-refractivity contribution < 1.29 is 20.1 Å². The Balaban J connectivity index is 0.000000196. The van der Waals surface area contributed by atoms with Gasteiger partial charge in [0.1, 0.15) is 0 Å². The van der Waals surface area contributed by atoms with Crippen molar-refractivity contribution in [1.29, 1.82) is 0 Å². The standard InChI is InChI=1S/C36H25N2.C15H10N.Ir/c1-36(2)30-14-5-6-16-33(30)38-32-18-17-25(22-29(32)28-13-8-15-31(36)35(28)38)24-10-7-11-26(21-24)34-27-12-4-3-9-23(27)19-20-37-34;1-2-7-13(8-3-1)15-14-9-5-4-6-12(14)10-11-16-15;/h3-10,12-22H,1-2H3;1-7,9-11H;/q2*-1;. The molecule has 0 fully saturated rings. The predicted molar refractivity (Wildman–Crippen MR) is 224 cm³/mol. The van der Waals surface area contributed by atoms with E-state index in [0.29, 0.717) is 0 Å². The third-order valence-corrected chi connectivity index (χ3v) is 11.0. The number of benzene rings is 7. The monoisotopic (exact) mass is 882 g/mol. The number of para-hydroxylation sites is 2. The summed E-state index contributed by atoms with van der Waals surface area (Å²) in [5.74, 6) is 0. The molecular formula is C51H35IrN3-2. The van der Waals surface area contributed by atoms with Crippen LogP contribution >= 0.6 is 0 Å². The summed E-state index contributed by atoms with van der Waals surface area (Å²) in [4.78, 5) is 9.18. The molecule has 0 spiro atoms. The second-order valence-corrected chi connectivity index (χ2v) is 14.4. The van der Waals surface area contributed by atoms with Crippen LogP contribution in [0.15, 0.2) is 176 Å². The smallest absolute Gasteiger partial charge is 0.0582 e. The molecule has 0 N–H and O–H groups in total. The van der Waals surface area contributed by atoms with Crippen LogP contribution in [0.5, 0.6) is 0 Å². The van der Waals surface area contributed by atoms with E-state index in [1.165, 1.54) is 65.9 Å². The number of aromatic nitrogens is 3. The largest absolute Gasteiger partial charge is 0.309 e. The van der Waals surface area contributed by atoms with Crippen LogP contribution < -0.4 is 0 Å². The Kier molecular flexibility index (Phi) is 8.74. The summed E-state index contributed by atoms with van der Waals surface area (Å²) in [6, 6.07) is 64.3. The predicted octanol–water partition coefficient (Wildman–Crippen LogP) is 12.8. The van der Waals surface area contributed by atoms with Gasteiger partial charge < -0.3 is 14.5 Å². The molecule has 0 saturated heterocycles. The first kappa shape index (κ1) is 34.6. The molecule has 0 atom stereocenters. The van der Waals surface area contributed by atoms with Crippen LogP contribution in [0.1, 0.15) is 25.0 Å². The maximum Gasteiger partial charge on any atom is 0.0582 e. The van der Waals surface area contributed by atoms with E-state index in [-0.39, 0.29) is 25.5 Å². The van der Waals surface area contributed by atoms with Gasteiger partial charge in [-0.25, -0.2) is 0 Å². The molecule has 10 aromatic rings. The van der Waals surface area contributed by atoms with Crippen LogP contribution in [0.25, 0.3) is 82.7 Å². The quantitative estimate of drug-likeness (QED) is 0.166. The molecule has 11 rings (SSSR count). The first-order chi connectivity index (χ1) is 26.6. The molecule has 265 valence electrons. The van der Waals surface area contributed by atoms with Crippen LogP contribution in [0, 0.1) is 12.1 Å². The Morgan fingerprint density at radius 1 is 0.491 bits per heavy atom. The molecule has 1 aliphatic rings. The van der Waals surface area contributed by atoms with Crippen LogP contribution in [-0.4, -0.2) is 14.5 Å². The van der Waals surface area contributed by atoms with E-state index in [9.17, 15) is 0 Å². The summed E-state index contributed by atoms with van der Waals surface area (Å²) in [7, 11) is 0. The second-order valence-electron chi connectivity index (χ2n) is 14.4. The number of pyridine rings is 2. The average Bonchev–Trinajstić information content (AvgIpc) is 3.57. The summed E-state index contributed by atoms with van der Waals surface area (Å²) in [5.41, 5.74) is 12.9. The molecule has 0 aliphatic carbocycles. The van der Waals surface area contributed by atoms with Crippen molar-refractivity contribution in [2.75, 3.05) is 0 Å². The minimum atomic E-state index is -0.0566. The van der Waals surface area contributed by atoms with Gasteiger partial charge in [-0.1, -0.05) is 105 Å². The molecule has 1 aliphatic heterocycles. The summed E-state index contributed by atoms with van der Waals surface area (Å²) >= 11 is 0. The van der Waals surface area contributed by atoms with Crippen molar-refractivity contribution >= 4 is 43.4 Å². The summed E-state index contributed by atoms with van der Waals surface area (Å²) in [5, 5.41) is 7.31. The number of hydrogen-bond acceptors (Lipinski definition) is 2. The summed E-state index contributed by atoms with van der Waals surface area (Å²) < 4.78 is 2.47. The molecule has 3 nitrogen and oxygen atoms in total. The molecule has 0 bridgehead atoms. The van der Waals surface area contributed by atoms with E-state index in [2.05, 4.69) is 151 Å². The van der Waals surface area contributed by atoms with Crippen molar-refractivity contribution in [3.63, 3.8) is 0 Å². The second kappa shape index (κ2) is 13.9. The SMILES string of the molecule is CC1(C)c2ccccc2-n2c3ccc(-c4cc[c-]c(-c5nccc6ccccc56)c4)cc3c3cccc1c32.[Ir].[c-]1ccccc1-c1nccc2ccccc12. The summed E-state index contributed by atoms with van der Waals surface area (Å²) in [6.45, 7) is 4.69. The van der Waals surface area contributed by atoms with Crippen LogP contribution in [-0.2, 0) is 25.5 Å². The Hall–Kier alpha value is -6.19. The van der Waals surface area contributed by atoms with E-state index in [1.807, 2.05) is 60.9 Å². The van der Waals surface area contributed by atoms with Gasteiger partial charge >= 0.3 is 0 Å². The van der Waals surface area contributed by atoms with Gasteiger partial charge in [0.2, 0.25) is 0 Å². The normalized spacial score (nSPS) is 12.5. The number of hydrogen-bond donors (Lipinski definition) is 0. The van der Waals surface area contributed by atoms with E-state index >= 15 is 0 Å². The fourth-order valence-corrected chi connectivity index (χ4v) is 8.34. The molecule has 0 amide bonds. The van der Waals surface area contributed by atoms with Gasteiger partial charge in [0.05, 0.1) is 16.7 Å². The van der Waals surface area contributed by atoms with Gasteiger partial charge in [0.25, 0.3) is 0 Å². The average molecular weight is 882 g/mol. The van der Waals surface area contributed by atoms with Crippen LogP contribution in [0.4, 0.5) is 0 Å². The third-order valence-electron chi connectivity index (χ3n) is 11.0. The first-order valence-electron chi connectivity index (χ1n) is 18.4. The maximum atomic E-state index is 4.73. The Morgan fingerprint density at radius 3 is 1.85 bits per heavy atom. The molecule has 3 aromatic heterocycles. The van der Waals surface area contributed by atoms with Gasteiger partial charge in [0.15, 0.2) is 0 Å². The van der Waals surface area contributed by atoms with Crippen molar-refractivity contribution in [2.45, 2.75) is 19.3 Å². The van der Waals surface area contributed by atoms with Crippen LogP contribution in [0.2, 0.25) is 0 Å². The van der Waals surface area contributed by atoms with Crippen LogP contribution in [0.3, 0.4) is 0 Å². The Morgan fingerprint density at radius 2 is 1.11 bits per heavy atom. The van der Waals surface area contributed by atoms with Crippen molar-refractivity contribution in [3.8, 4) is 39.3 Å². The number of nitrogens with zero attached hydrogens (tertiary/aromatic N) is 3. The van der Waals surface area contributed by atoms with Gasteiger partial charge in [-0.15, -0.1) is 71.3 Å². The zero-order valence-corrected chi connectivity index (χ0v) is 32.8. The fraction of sp³-hybridized carbons (Fsp3) is 0.0588. The number of rotatable bonds is 3. The first-order valence-corrected chi connectivity index (χ1v) is 18.4. The molecule has 4 heterocycles. The third kappa shape index (κ3) is 5.77. The number of fused-ring (bicyclic) bond motifs is 7. The van der Waals surface area contributed by atoms with Gasteiger partial charge in [-0.3, -0.25) is 0 Å². The van der Waals surface area contributed by atoms with E-state index in [1.54, 1.807) is 0 Å². The molecule has 4 heteroatoms. The maximum absolute atomic E-state index is 4.73. The fourth-order valence-electron chi connectivity index (χ4n) is 8.34. The molecule has 1 radical (unpaired) electrons. The molecule has 0 unspecified atom stereocenters. The topological polar surface area (TPSA) is 30.7 Å². The molecule has 0 saturated carbocycles. The van der Waals surface area contributed by atoms with Gasteiger partial charge in [0, 0.05) is 48.7 Å². The van der Waals surface area contributed by atoms with Gasteiger partial charge in [-0.2, -0.15) is 0 Å². The Labute approximate surface area is 334 Å². The van der Waals surface area contributed by atoms with Crippen molar-refractivity contribution in [2.24, 2.45) is 0 Å². The zero-order chi connectivity index (χ0) is 36.2. The minimum Gasteiger partial charge on any atom is -0.309 e. The minimum absolute atomic E-state index is 0. The van der Waals surface area contributed by atoms with Gasteiger partial charge in [-0.05, 0) is 80.0 Å². The summed E-state index contributed by atoms with van der Waals surface area (Å²) in [6.07, 6.45) is 3.73. The van der Waals surface area contributed by atoms with E-state index < -0.39 is 0 Å². The molecule has 55 heavy (non-hydrogen) atoms. The zero-order valence-electron chi connectivity index (χ0n) is 30.4. The molecular weight excluding hydrogens is 847 g/mol.